The highest BCUT2D eigenvalue weighted by Crippen LogP contribution is 2.40. The van der Waals surface area contributed by atoms with E-state index in [1.807, 2.05) is 30.3 Å². The van der Waals surface area contributed by atoms with Crippen molar-refractivity contribution in [3.05, 3.63) is 120 Å². The molecule has 0 radical (unpaired) electrons. The van der Waals surface area contributed by atoms with Crippen LogP contribution in [0.15, 0.2) is 108 Å². The Morgan fingerprint density at radius 2 is 1.54 bits per heavy atom. The molecule has 0 aliphatic rings. The van der Waals surface area contributed by atoms with Crippen LogP contribution in [0.25, 0.3) is 22.0 Å². The fourth-order valence-corrected chi connectivity index (χ4v) is 5.22. The number of hydrogen-bond acceptors (Lipinski definition) is 4. The zero-order chi connectivity index (χ0) is 27.6. The summed E-state index contributed by atoms with van der Waals surface area (Å²) in [4.78, 5) is 4.29. The highest BCUT2D eigenvalue weighted by molar-refractivity contribution is 7.89. The summed E-state index contributed by atoms with van der Waals surface area (Å²) in [7, 11) is -2.35. The molecule has 5 rings (SSSR count). The van der Waals surface area contributed by atoms with Gasteiger partial charge in [-0.25, -0.2) is 13.1 Å². The van der Waals surface area contributed by atoms with Crippen LogP contribution in [0.3, 0.4) is 0 Å². The van der Waals surface area contributed by atoms with Gasteiger partial charge in [0.1, 0.15) is 11.5 Å². The minimum absolute atomic E-state index is 0.0450. The first-order chi connectivity index (χ1) is 18.7. The number of benzene rings is 4. The summed E-state index contributed by atoms with van der Waals surface area (Å²) in [6.07, 6.45) is -2.60. The van der Waals surface area contributed by atoms with Crippen LogP contribution in [0.2, 0.25) is 0 Å². The number of aromatic nitrogens is 1. The number of fused-ring (bicyclic) bond motifs is 1. The topological polar surface area (TPSA) is 68.3 Å². The van der Waals surface area contributed by atoms with Crippen LogP contribution < -0.4 is 9.46 Å². The van der Waals surface area contributed by atoms with Crippen LogP contribution in [0.5, 0.6) is 11.5 Å². The normalized spacial score (nSPS) is 12.0. The quantitative estimate of drug-likeness (QED) is 0.233. The average molecular weight is 549 g/mol. The molecule has 4 aromatic carbocycles. The number of nitrogens with one attached hydrogen (secondary N) is 1. The average Bonchev–Trinajstić information content (AvgIpc) is 2.93. The SMILES string of the molecule is CNS(=O)(=O)c1cccc(Oc2cccc(-c3c(Cc4ccccc4)cnc4c(C(F)(F)F)cccc34)c2)c1. The summed E-state index contributed by atoms with van der Waals surface area (Å²) >= 11 is 0. The Morgan fingerprint density at radius 3 is 2.26 bits per heavy atom. The van der Waals surface area contributed by atoms with Gasteiger partial charge in [0.2, 0.25) is 10.0 Å². The number of ether oxygens (including phenoxy) is 1. The molecule has 1 N–H and O–H groups in total. The lowest BCUT2D eigenvalue weighted by atomic mass is 9.92. The third-order valence-corrected chi connectivity index (χ3v) is 7.67. The van der Waals surface area contributed by atoms with Gasteiger partial charge < -0.3 is 4.74 Å². The standard InChI is InChI=1S/C30H23F3N2O3S/c1-34-39(36,37)25-13-6-12-24(18-25)38-23-11-5-10-21(17-23)28-22(16-20-8-3-2-4-9-20)19-35-29-26(28)14-7-15-27(29)30(31,32)33/h2-15,17-19,34H,16H2,1H3. The van der Waals surface area contributed by atoms with Crippen molar-refractivity contribution in [1.82, 2.24) is 9.71 Å². The fourth-order valence-electron chi connectivity index (χ4n) is 4.46. The van der Waals surface area contributed by atoms with Gasteiger partial charge in [-0.2, -0.15) is 13.2 Å². The molecule has 39 heavy (non-hydrogen) atoms. The maximum absolute atomic E-state index is 13.8. The van der Waals surface area contributed by atoms with Crippen molar-refractivity contribution in [3.8, 4) is 22.6 Å². The Bertz CT molecular complexity index is 1760. The fraction of sp³-hybridized carbons (Fsp3) is 0.100. The maximum Gasteiger partial charge on any atom is 0.418 e. The number of para-hydroxylation sites is 1. The summed E-state index contributed by atoms with van der Waals surface area (Å²) in [5.74, 6) is 0.695. The molecule has 198 valence electrons. The van der Waals surface area contributed by atoms with E-state index in [0.717, 1.165) is 17.2 Å². The minimum atomic E-state index is -4.56. The minimum Gasteiger partial charge on any atom is -0.457 e. The molecule has 0 aliphatic heterocycles. The van der Waals surface area contributed by atoms with E-state index in [1.165, 1.54) is 31.4 Å². The van der Waals surface area contributed by atoms with E-state index in [-0.39, 0.29) is 10.4 Å². The molecule has 0 spiro atoms. The second-order valence-corrected chi connectivity index (χ2v) is 10.7. The summed E-state index contributed by atoms with van der Waals surface area (Å²) in [5, 5.41) is 0.373. The smallest absolute Gasteiger partial charge is 0.418 e. The number of rotatable bonds is 7. The van der Waals surface area contributed by atoms with Gasteiger partial charge in [-0.05, 0) is 66.1 Å². The zero-order valence-corrected chi connectivity index (χ0v) is 21.6. The highest BCUT2D eigenvalue weighted by Gasteiger charge is 2.33. The van der Waals surface area contributed by atoms with Crippen molar-refractivity contribution >= 4 is 20.9 Å². The second-order valence-electron chi connectivity index (χ2n) is 8.83. The Balaban J connectivity index is 1.63. The first-order valence-corrected chi connectivity index (χ1v) is 13.5. The number of sulfonamides is 1. The van der Waals surface area contributed by atoms with Crippen molar-refractivity contribution in [2.75, 3.05) is 7.05 Å². The van der Waals surface area contributed by atoms with Crippen LogP contribution in [-0.4, -0.2) is 20.4 Å². The molecule has 0 saturated heterocycles. The number of alkyl halides is 3. The molecule has 5 aromatic rings. The lowest BCUT2D eigenvalue weighted by molar-refractivity contribution is -0.136. The monoisotopic (exact) mass is 548 g/mol. The van der Waals surface area contributed by atoms with Gasteiger partial charge in [-0.1, -0.05) is 60.7 Å². The van der Waals surface area contributed by atoms with Gasteiger partial charge in [-0.15, -0.1) is 0 Å². The molecule has 0 saturated carbocycles. The van der Waals surface area contributed by atoms with Gasteiger partial charge in [0.05, 0.1) is 16.0 Å². The van der Waals surface area contributed by atoms with E-state index in [1.54, 1.807) is 42.5 Å². The predicted octanol–water partition coefficient (Wildman–Crippen LogP) is 7.21. The Morgan fingerprint density at radius 1 is 0.846 bits per heavy atom. The molecule has 0 bridgehead atoms. The first kappa shape index (κ1) is 26.4. The Kier molecular flexibility index (Phi) is 7.12. The van der Waals surface area contributed by atoms with Gasteiger partial charge in [-0.3, -0.25) is 4.98 Å². The van der Waals surface area contributed by atoms with Crippen molar-refractivity contribution < 1.29 is 26.3 Å². The molecule has 9 heteroatoms. The van der Waals surface area contributed by atoms with Crippen molar-refractivity contribution in [3.63, 3.8) is 0 Å². The van der Waals surface area contributed by atoms with E-state index in [4.69, 9.17) is 4.74 Å². The molecule has 1 aromatic heterocycles. The van der Waals surface area contributed by atoms with Gasteiger partial charge in [0.25, 0.3) is 0 Å². The second kappa shape index (κ2) is 10.5. The Labute approximate surface area is 224 Å². The first-order valence-electron chi connectivity index (χ1n) is 12.0. The molecule has 0 atom stereocenters. The largest absolute Gasteiger partial charge is 0.457 e. The third-order valence-electron chi connectivity index (χ3n) is 6.26. The molecule has 1 heterocycles. The van der Waals surface area contributed by atoms with Crippen molar-refractivity contribution in [2.45, 2.75) is 17.5 Å². The molecular weight excluding hydrogens is 525 g/mol. The Hall–Kier alpha value is -4.21. The van der Waals surface area contributed by atoms with E-state index in [9.17, 15) is 21.6 Å². The lowest BCUT2D eigenvalue weighted by Crippen LogP contribution is -2.18. The van der Waals surface area contributed by atoms with Crippen LogP contribution in [0, 0.1) is 0 Å². The predicted molar refractivity (Wildman–Crippen MR) is 144 cm³/mol. The molecule has 0 aliphatic carbocycles. The van der Waals surface area contributed by atoms with E-state index >= 15 is 0 Å². The van der Waals surface area contributed by atoms with Crippen LogP contribution in [0.1, 0.15) is 16.7 Å². The molecule has 0 unspecified atom stereocenters. The number of nitrogens with zero attached hydrogens (tertiary/aromatic N) is 1. The van der Waals surface area contributed by atoms with E-state index < -0.39 is 21.8 Å². The number of pyridine rings is 1. The summed E-state index contributed by atoms with van der Waals surface area (Å²) in [5.41, 5.74) is 2.07. The summed E-state index contributed by atoms with van der Waals surface area (Å²) < 4.78 is 74.2. The zero-order valence-electron chi connectivity index (χ0n) is 20.7. The number of hydrogen-bond donors (Lipinski definition) is 1. The highest BCUT2D eigenvalue weighted by atomic mass is 32.2. The molecule has 0 amide bonds. The van der Waals surface area contributed by atoms with Crippen molar-refractivity contribution in [2.24, 2.45) is 0 Å². The van der Waals surface area contributed by atoms with E-state index in [0.29, 0.717) is 34.4 Å². The summed E-state index contributed by atoms with van der Waals surface area (Å²) in [6, 6.07) is 26.7. The van der Waals surface area contributed by atoms with Gasteiger partial charge in [0.15, 0.2) is 0 Å². The third kappa shape index (κ3) is 5.64. The number of halogens is 3. The molecular formula is C30H23F3N2O3S. The van der Waals surface area contributed by atoms with E-state index in [2.05, 4.69) is 9.71 Å². The maximum atomic E-state index is 13.8. The summed E-state index contributed by atoms with van der Waals surface area (Å²) in [6.45, 7) is 0. The lowest BCUT2D eigenvalue weighted by Gasteiger charge is -2.17. The van der Waals surface area contributed by atoms with Gasteiger partial charge >= 0.3 is 6.18 Å². The molecule has 5 nitrogen and oxygen atoms in total. The van der Waals surface area contributed by atoms with Crippen LogP contribution in [0.4, 0.5) is 13.2 Å². The van der Waals surface area contributed by atoms with Gasteiger partial charge in [0, 0.05) is 17.6 Å². The van der Waals surface area contributed by atoms with Crippen LogP contribution >= 0.6 is 0 Å². The van der Waals surface area contributed by atoms with Crippen molar-refractivity contribution in [1.29, 1.82) is 0 Å². The molecule has 0 fully saturated rings. The van der Waals surface area contributed by atoms with Crippen LogP contribution in [-0.2, 0) is 22.6 Å².